The summed E-state index contributed by atoms with van der Waals surface area (Å²) in [5.41, 5.74) is 7.02. The Hall–Kier alpha value is -3.08. The molecule has 3 N–H and O–H groups in total. The van der Waals surface area contributed by atoms with Gasteiger partial charge >= 0.3 is 0 Å². The molecule has 0 unspecified atom stereocenters. The van der Waals surface area contributed by atoms with Crippen molar-refractivity contribution in [1.82, 2.24) is 4.98 Å². The molecular formula is C24H34FN3O. The van der Waals surface area contributed by atoms with E-state index in [0.29, 0.717) is 23.8 Å². The summed E-state index contributed by atoms with van der Waals surface area (Å²) in [6, 6.07) is 17.7. The van der Waals surface area contributed by atoms with E-state index in [0.717, 1.165) is 5.56 Å². The standard InChI is InChI=1S/C18H16FN3O.3C2H6/c19-16-10-14(20)6-7-17(16)23-15-8-9-21-18(11-15)22-12-13-4-2-1-3-5-13;3*1-2/h1-11H,12,20H2,(H,21,22);3*1-2H3. The van der Waals surface area contributed by atoms with Crippen LogP contribution in [0.4, 0.5) is 15.9 Å². The van der Waals surface area contributed by atoms with Crippen molar-refractivity contribution < 1.29 is 9.13 Å². The zero-order valence-corrected chi connectivity index (χ0v) is 18.4. The Morgan fingerprint density at radius 3 is 2.17 bits per heavy atom. The molecule has 0 saturated carbocycles. The first-order valence-electron chi connectivity index (χ1n) is 10.2. The van der Waals surface area contributed by atoms with Gasteiger partial charge in [-0.1, -0.05) is 71.9 Å². The van der Waals surface area contributed by atoms with Crippen molar-refractivity contribution in [3.05, 3.63) is 78.2 Å². The van der Waals surface area contributed by atoms with Gasteiger partial charge in [-0.25, -0.2) is 9.37 Å². The van der Waals surface area contributed by atoms with E-state index in [-0.39, 0.29) is 5.75 Å². The molecule has 0 aliphatic heterocycles. The van der Waals surface area contributed by atoms with E-state index in [1.165, 1.54) is 12.1 Å². The fourth-order valence-corrected chi connectivity index (χ4v) is 2.09. The van der Waals surface area contributed by atoms with E-state index in [1.807, 2.05) is 71.9 Å². The van der Waals surface area contributed by atoms with Crippen molar-refractivity contribution in [3.8, 4) is 11.5 Å². The summed E-state index contributed by atoms with van der Waals surface area (Å²) in [5.74, 6) is 0.779. The molecule has 1 aromatic heterocycles. The fourth-order valence-electron chi connectivity index (χ4n) is 2.09. The summed E-state index contributed by atoms with van der Waals surface area (Å²) >= 11 is 0. The number of hydrogen-bond acceptors (Lipinski definition) is 4. The maximum Gasteiger partial charge on any atom is 0.167 e. The smallest absolute Gasteiger partial charge is 0.167 e. The van der Waals surface area contributed by atoms with Crippen LogP contribution in [0.15, 0.2) is 66.9 Å². The number of nitrogens with one attached hydrogen (secondary N) is 1. The minimum atomic E-state index is -0.499. The number of rotatable bonds is 5. The van der Waals surface area contributed by atoms with E-state index < -0.39 is 5.82 Å². The molecular weight excluding hydrogens is 365 g/mol. The van der Waals surface area contributed by atoms with Crippen LogP contribution in [0.2, 0.25) is 0 Å². The highest BCUT2D eigenvalue weighted by atomic mass is 19.1. The van der Waals surface area contributed by atoms with Crippen molar-refractivity contribution in [3.63, 3.8) is 0 Å². The third-order valence-electron chi connectivity index (χ3n) is 3.23. The number of anilines is 2. The molecule has 0 spiro atoms. The van der Waals surface area contributed by atoms with E-state index in [1.54, 1.807) is 24.4 Å². The summed E-state index contributed by atoms with van der Waals surface area (Å²) in [5, 5.41) is 3.21. The third-order valence-corrected chi connectivity index (χ3v) is 3.23. The average molecular weight is 400 g/mol. The lowest BCUT2D eigenvalue weighted by atomic mass is 10.2. The van der Waals surface area contributed by atoms with E-state index >= 15 is 0 Å². The van der Waals surface area contributed by atoms with Crippen molar-refractivity contribution in [2.24, 2.45) is 0 Å². The van der Waals surface area contributed by atoms with Gasteiger partial charge in [0, 0.05) is 30.6 Å². The van der Waals surface area contributed by atoms with Crippen molar-refractivity contribution in [1.29, 1.82) is 0 Å². The van der Waals surface area contributed by atoms with Crippen LogP contribution in [0.25, 0.3) is 0 Å². The van der Waals surface area contributed by atoms with Crippen molar-refractivity contribution in [2.45, 2.75) is 48.1 Å². The summed E-state index contributed by atoms with van der Waals surface area (Å²) in [4.78, 5) is 4.23. The number of nitrogen functional groups attached to an aromatic ring is 1. The maximum absolute atomic E-state index is 13.8. The van der Waals surface area contributed by atoms with Gasteiger partial charge < -0.3 is 15.8 Å². The number of ether oxygens (including phenoxy) is 1. The lowest BCUT2D eigenvalue weighted by Gasteiger charge is -2.10. The molecule has 0 aliphatic carbocycles. The lowest BCUT2D eigenvalue weighted by Crippen LogP contribution is -2.01. The first kappa shape index (κ1) is 25.9. The van der Waals surface area contributed by atoms with E-state index in [2.05, 4.69) is 10.3 Å². The Balaban J connectivity index is 0.00000120. The molecule has 1 heterocycles. The van der Waals surface area contributed by atoms with Crippen LogP contribution in [0, 0.1) is 5.82 Å². The normalized spacial score (nSPS) is 8.79. The topological polar surface area (TPSA) is 60.2 Å². The number of nitrogens with two attached hydrogens (primary N) is 1. The quantitative estimate of drug-likeness (QED) is 0.442. The fraction of sp³-hybridized carbons (Fsp3) is 0.292. The number of aromatic nitrogens is 1. The van der Waals surface area contributed by atoms with Gasteiger partial charge in [0.2, 0.25) is 0 Å². The first-order valence-corrected chi connectivity index (χ1v) is 10.2. The number of nitrogens with zero attached hydrogens (tertiary/aromatic N) is 1. The Labute approximate surface area is 175 Å². The predicted molar refractivity (Wildman–Crippen MR) is 123 cm³/mol. The second-order valence-corrected chi connectivity index (χ2v) is 5.01. The van der Waals surface area contributed by atoms with Crippen molar-refractivity contribution in [2.75, 3.05) is 11.1 Å². The van der Waals surface area contributed by atoms with Gasteiger partial charge in [-0.2, -0.15) is 0 Å². The molecule has 0 saturated heterocycles. The van der Waals surface area contributed by atoms with E-state index in [4.69, 9.17) is 10.5 Å². The van der Waals surface area contributed by atoms with Gasteiger partial charge in [0.25, 0.3) is 0 Å². The van der Waals surface area contributed by atoms with Gasteiger partial charge in [-0.05, 0) is 23.8 Å². The van der Waals surface area contributed by atoms with Gasteiger partial charge in [-0.15, -0.1) is 0 Å². The first-order chi connectivity index (χ1) is 14.2. The highest BCUT2D eigenvalue weighted by Crippen LogP contribution is 2.26. The molecule has 4 nitrogen and oxygen atoms in total. The average Bonchev–Trinajstić information content (AvgIpc) is 2.79. The van der Waals surface area contributed by atoms with Crippen LogP contribution in [-0.2, 0) is 6.54 Å². The van der Waals surface area contributed by atoms with Crippen LogP contribution in [0.1, 0.15) is 47.1 Å². The molecule has 3 aromatic rings. The van der Waals surface area contributed by atoms with Crippen LogP contribution in [0.3, 0.4) is 0 Å². The molecule has 0 fully saturated rings. The molecule has 3 rings (SSSR count). The number of halogens is 1. The van der Waals surface area contributed by atoms with Gasteiger partial charge in [0.15, 0.2) is 11.6 Å². The van der Waals surface area contributed by atoms with Gasteiger partial charge in [0.05, 0.1) is 0 Å². The summed E-state index contributed by atoms with van der Waals surface area (Å²) in [6.45, 7) is 12.6. The molecule has 0 amide bonds. The Morgan fingerprint density at radius 2 is 1.55 bits per heavy atom. The zero-order chi connectivity index (χ0) is 22.1. The second-order valence-electron chi connectivity index (χ2n) is 5.01. The Kier molecular flexibility index (Phi) is 14.2. The van der Waals surface area contributed by atoms with Gasteiger partial charge in [0.1, 0.15) is 11.6 Å². The Bertz CT molecular complexity index is 795. The highest BCUT2D eigenvalue weighted by Gasteiger charge is 2.06. The monoisotopic (exact) mass is 399 g/mol. The summed E-state index contributed by atoms with van der Waals surface area (Å²) in [7, 11) is 0. The lowest BCUT2D eigenvalue weighted by molar-refractivity contribution is 0.442. The minimum absolute atomic E-state index is 0.124. The minimum Gasteiger partial charge on any atom is -0.454 e. The molecule has 0 atom stereocenters. The molecule has 29 heavy (non-hydrogen) atoms. The predicted octanol–water partition coefficient (Wildman–Crippen LogP) is 7.29. The second kappa shape index (κ2) is 15.9. The Morgan fingerprint density at radius 1 is 0.897 bits per heavy atom. The number of pyridine rings is 1. The van der Waals surface area contributed by atoms with Crippen molar-refractivity contribution >= 4 is 11.5 Å². The molecule has 0 bridgehead atoms. The van der Waals surface area contributed by atoms with Gasteiger partial charge in [-0.3, -0.25) is 0 Å². The van der Waals surface area contributed by atoms with Crippen LogP contribution < -0.4 is 15.8 Å². The number of hydrogen-bond donors (Lipinski definition) is 2. The molecule has 158 valence electrons. The largest absolute Gasteiger partial charge is 0.454 e. The molecule has 0 aliphatic rings. The van der Waals surface area contributed by atoms with Crippen LogP contribution in [0.5, 0.6) is 11.5 Å². The maximum atomic E-state index is 13.8. The zero-order valence-electron chi connectivity index (χ0n) is 18.4. The third kappa shape index (κ3) is 9.60. The molecule has 0 radical (unpaired) electrons. The summed E-state index contributed by atoms with van der Waals surface area (Å²) < 4.78 is 19.3. The number of benzene rings is 2. The van der Waals surface area contributed by atoms with Crippen LogP contribution >= 0.6 is 0 Å². The van der Waals surface area contributed by atoms with Crippen LogP contribution in [-0.4, -0.2) is 4.98 Å². The SMILES string of the molecule is CC.CC.CC.Nc1ccc(Oc2ccnc(NCc3ccccc3)c2)c(F)c1. The molecule has 5 heteroatoms. The highest BCUT2D eigenvalue weighted by molar-refractivity contribution is 5.46. The summed E-state index contributed by atoms with van der Waals surface area (Å²) in [6.07, 6.45) is 1.61. The van der Waals surface area contributed by atoms with E-state index in [9.17, 15) is 4.39 Å². The molecule has 2 aromatic carbocycles.